The maximum Gasteiger partial charge on any atom is 0.329 e. The van der Waals surface area contributed by atoms with Crippen molar-refractivity contribution in [1.82, 2.24) is 10.3 Å². The van der Waals surface area contributed by atoms with E-state index in [4.69, 9.17) is 4.74 Å². The maximum atomic E-state index is 12.4. The van der Waals surface area contributed by atoms with Gasteiger partial charge >= 0.3 is 6.03 Å². The predicted octanol–water partition coefficient (Wildman–Crippen LogP) is 3.20. The second-order valence-corrected chi connectivity index (χ2v) is 6.93. The Labute approximate surface area is 145 Å². The quantitative estimate of drug-likeness (QED) is 0.873. The van der Waals surface area contributed by atoms with Crippen LogP contribution in [0.1, 0.15) is 31.4 Å². The third-order valence-electron chi connectivity index (χ3n) is 4.63. The van der Waals surface area contributed by atoms with E-state index in [-0.39, 0.29) is 5.91 Å². The SMILES string of the molecule is CC1(C)NC(=O)N(c2ccnc(Oc3ccc4c(c3)CCC4)c2)C1=O. The van der Waals surface area contributed by atoms with Gasteiger partial charge in [0.25, 0.3) is 5.91 Å². The van der Waals surface area contributed by atoms with Crippen LogP contribution in [0.3, 0.4) is 0 Å². The summed E-state index contributed by atoms with van der Waals surface area (Å²) in [6.07, 6.45) is 4.89. The van der Waals surface area contributed by atoms with Crippen molar-refractivity contribution < 1.29 is 14.3 Å². The molecule has 128 valence electrons. The average Bonchev–Trinajstić information content (AvgIpc) is 3.09. The minimum Gasteiger partial charge on any atom is -0.439 e. The van der Waals surface area contributed by atoms with Gasteiger partial charge in [0.15, 0.2) is 0 Å². The highest BCUT2D eigenvalue weighted by molar-refractivity contribution is 6.23. The van der Waals surface area contributed by atoms with Crippen LogP contribution in [-0.4, -0.2) is 22.5 Å². The van der Waals surface area contributed by atoms with Crippen LogP contribution >= 0.6 is 0 Å². The minimum atomic E-state index is -0.915. The van der Waals surface area contributed by atoms with E-state index in [1.165, 1.54) is 23.7 Å². The fourth-order valence-electron chi connectivity index (χ4n) is 3.31. The summed E-state index contributed by atoms with van der Waals surface area (Å²) < 4.78 is 5.85. The number of amides is 3. The lowest BCUT2D eigenvalue weighted by Gasteiger charge is -2.16. The van der Waals surface area contributed by atoms with E-state index < -0.39 is 11.6 Å². The summed E-state index contributed by atoms with van der Waals surface area (Å²) in [5.41, 5.74) is 2.21. The van der Waals surface area contributed by atoms with Crippen molar-refractivity contribution in [3.8, 4) is 11.6 Å². The molecule has 1 aliphatic carbocycles. The van der Waals surface area contributed by atoms with Crippen molar-refractivity contribution in [3.05, 3.63) is 47.7 Å². The van der Waals surface area contributed by atoms with Crippen LogP contribution in [0.2, 0.25) is 0 Å². The number of hydrogen-bond acceptors (Lipinski definition) is 4. The number of imide groups is 1. The number of carbonyl (C=O) groups excluding carboxylic acids is 2. The van der Waals surface area contributed by atoms with E-state index in [9.17, 15) is 9.59 Å². The van der Waals surface area contributed by atoms with Crippen LogP contribution in [0.15, 0.2) is 36.5 Å². The van der Waals surface area contributed by atoms with Gasteiger partial charge in [-0.05, 0) is 62.4 Å². The number of hydrogen-bond donors (Lipinski definition) is 1. The maximum absolute atomic E-state index is 12.4. The van der Waals surface area contributed by atoms with Gasteiger partial charge in [0, 0.05) is 12.3 Å². The summed E-state index contributed by atoms with van der Waals surface area (Å²) >= 11 is 0. The molecule has 0 unspecified atom stereocenters. The Hall–Kier alpha value is -2.89. The molecule has 6 nitrogen and oxygen atoms in total. The topological polar surface area (TPSA) is 71.5 Å². The molecule has 1 saturated heterocycles. The van der Waals surface area contributed by atoms with Gasteiger partial charge < -0.3 is 10.1 Å². The Balaban J connectivity index is 1.60. The van der Waals surface area contributed by atoms with Crippen LogP contribution in [0, 0.1) is 0 Å². The highest BCUT2D eigenvalue weighted by Gasteiger charge is 2.45. The van der Waals surface area contributed by atoms with Gasteiger partial charge in [-0.15, -0.1) is 0 Å². The molecule has 0 atom stereocenters. The van der Waals surface area contributed by atoms with Gasteiger partial charge in [0.05, 0.1) is 5.69 Å². The second-order valence-electron chi connectivity index (χ2n) is 6.93. The van der Waals surface area contributed by atoms with E-state index in [0.29, 0.717) is 17.3 Å². The molecule has 0 spiro atoms. The van der Waals surface area contributed by atoms with E-state index in [2.05, 4.69) is 16.4 Å². The summed E-state index contributed by atoms with van der Waals surface area (Å²) in [6, 6.07) is 8.83. The molecule has 0 saturated carbocycles. The van der Waals surface area contributed by atoms with Crippen molar-refractivity contribution >= 4 is 17.6 Å². The van der Waals surface area contributed by atoms with E-state index in [1.54, 1.807) is 26.0 Å². The number of aryl methyl sites for hydroxylation is 2. The molecule has 0 bridgehead atoms. The van der Waals surface area contributed by atoms with Crippen LogP contribution in [0.25, 0.3) is 0 Å². The molecule has 2 aliphatic rings. The molecule has 3 amide bonds. The number of benzene rings is 1. The van der Waals surface area contributed by atoms with Crippen molar-refractivity contribution in [1.29, 1.82) is 0 Å². The largest absolute Gasteiger partial charge is 0.439 e. The molecular weight excluding hydrogens is 318 g/mol. The Bertz CT molecular complexity index is 876. The summed E-state index contributed by atoms with van der Waals surface area (Å²) in [7, 11) is 0. The number of nitrogens with zero attached hydrogens (tertiary/aromatic N) is 2. The molecule has 0 radical (unpaired) electrons. The molecule has 4 rings (SSSR count). The highest BCUT2D eigenvalue weighted by atomic mass is 16.5. The van der Waals surface area contributed by atoms with Gasteiger partial charge in [-0.1, -0.05) is 6.07 Å². The van der Waals surface area contributed by atoms with Crippen molar-refractivity contribution in [2.24, 2.45) is 0 Å². The zero-order valence-corrected chi connectivity index (χ0v) is 14.2. The number of anilines is 1. The minimum absolute atomic E-state index is 0.299. The second kappa shape index (κ2) is 5.58. The number of pyridine rings is 1. The lowest BCUT2D eigenvalue weighted by molar-refractivity contribution is -0.121. The first kappa shape index (κ1) is 15.6. The molecule has 1 aromatic carbocycles. The van der Waals surface area contributed by atoms with Crippen LogP contribution < -0.4 is 15.0 Å². The number of urea groups is 1. The Morgan fingerprint density at radius 3 is 2.68 bits per heavy atom. The van der Waals surface area contributed by atoms with Gasteiger partial charge in [-0.3, -0.25) is 4.79 Å². The van der Waals surface area contributed by atoms with Crippen molar-refractivity contribution in [2.75, 3.05) is 4.90 Å². The fraction of sp³-hybridized carbons (Fsp3) is 0.316. The third-order valence-corrected chi connectivity index (χ3v) is 4.63. The van der Waals surface area contributed by atoms with E-state index >= 15 is 0 Å². The first-order valence-electron chi connectivity index (χ1n) is 8.36. The lowest BCUT2D eigenvalue weighted by atomic mass is 10.1. The Kier molecular flexibility index (Phi) is 3.49. The fourth-order valence-corrected chi connectivity index (χ4v) is 3.31. The Morgan fingerprint density at radius 1 is 1.12 bits per heavy atom. The zero-order chi connectivity index (χ0) is 17.6. The summed E-state index contributed by atoms with van der Waals surface area (Å²) in [5, 5.41) is 2.67. The monoisotopic (exact) mass is 337 g/mol. The zero-order valence-electron chi connectivity index (χ0n) is 14.2. The Morgan fingerprint density at radius 2 is 1.92 bits per heavy atom. The van der Waals surface area contributed by atoms with Crippen molar-refractivity contribution in [2.45, 2.75) is 38.6 Å². The molecule has 2 heterocycles. The molecule has 1 aliphatic heterocycles. The standard InChI is InChI=1S/C19H19N3O3/c1-19(2)17(23)22(18(24)21-19)14-8-9-20-16(11-14)25-15-7-6-12-4-3-5-13(12)10-15/h6-11H,3-5H2,1-2H3,(H,21,24). The molecular formula is C19H19N3O3. The van der Waals surface area contributed by atoms with Crippen LogP contribution in [0.5, 0.6) is 11.6 Å². The number of ether oxygens (including phenoxy) is 1. The normalized spacial score (nSPS) is 18.2. The number of aromatic nitrogens is 1. The third kappa shape index (κ3) is 2.73. The first-order valence-corrected chi connectivity index (χ1v) is 8.36. The first-order chi connectivity index (χ1) is 11.9. The molecule has 25 heavy (non-hydrogen) atoms. The van der Waals surface area contributed by atoms with Gasteiger partial charge in [-0.2, -0.15) is 0 Å². The molecule has 1 fully saturated rings. The summed E-state index contributed by atoms with van der Waals surface area (Å²) in [6.45, 7) is 3.35. The lowest BCUT2D eigenvalue weighted by Crippen LogP contribution is -2.40. The number of rotatable bonds is 3. The van der Waals surface area contributed by atoms with Crippen LogP contribution in [0.4, 0.5) is 10.5 Å². The van der Waals surface area contributed by atoms with Gasteiger partial charge in [-0.25, -0.2) is 14.7 Å². The summed E-state index contributed by atoms with van der Waals surface area (Å²) in [4.78, 5) is 29.9. The number of nitrogens with one attached hydrogen (secondary N) is 1. The molecule has 2 aromatic rings. The smallest absolute Gasteiger partial charge is 0.329 e. The average molecular weight is 337 g/mol. The van der Waals surface area contributed by atoms with Crippen molar-refractivity contribution in [3.63, 3.8) is 0 Å². The number of carbonyl (C=O) groups is 2. The van der Waals surface area contributed by atoms with E-state index in [1.807, 2.05) is 12.1 Å². The highest BCUT2D eigenvalue weighted by Crippen LogP contribution is 2.31. The van der Waals surface area contributed by atoms with E-state index in [0.717, 1.165) is 17.7 Å². The molecule has 1 N–H and O–H groups in total. The molecule has 1 aromatic heterocycles. The summed E-state index contributed by atoms with van der Waals surface area (Å²) in [5.74, 6) is 0.760. The van der Waals surface area contributed by atoms with Gasteiger partial charge in [0.2, 0.25) is 5.88 Å². The van der Waals surface area contributed by atoms with Crippen LogP contribution in [-0.2, 0) is 17.6 Å². The number of fused-ring (bicyclic) bond motifs is 1. The molecule has 6 heteroatoms. The van der Waals surface area contributed by atoms with Gasteiger partial charge in [0.1, 0.15) is 11.3 Å². The predicted molar refractivity (Wildman–Crippen MR) is 92.9 cm³/mol.